The van der Waals surface area contributed by atoms with Gasteiger partial charge in [0, 0.05) is 23.7 Å². The van der Waals surface area contributed by atoms with E-state index in [4.69, 9.17) is 4.74 Å². The van der Waals surface area contributed by atoms with E-state index in [0.717, 1.165) is 11.1 Å². The van der Waals surface area contributed by atoms with Crippen molar-refractivity contribution < 1.29 is 18.7 Å². The minimum Gasteiger partial charge on any atom is -0.466 e. The van der Waals surface area contributed by atoms with Crippen molar-refractivity contribution in [2.24, 2.45) is 0 Å². The maximum atomic E-state index is 13.4. The number of hydrogen-bond acceptors (Lipinski definition) is 5. The minimum atomic E-state index is -0.341. The minimum absolute atomic E-state index is 0.0893. The van der Waals surface area contributed by atoms with Crippen molar-refractivity contribution in [2.75, 3.05) is 11.9 Å². The highest BCUT2D eigenvalue weighted by atomic mass is 19.1. The normalized spacial score (nSPS) is 11.0. The molecule has 0 radical (unpaired) electrons. The fourth-order valence-electron chi connectivity index (χ4n) is 3.80. The van der Waals surface area contributed by atoms with Gasteiger partial charge in [-0.2, -0.15) is 0 Å². The Morgan fingerprint density at radius 3 is 2.47 bits per heavy atom. The van der Waals surface area contributed by atoms with Gasteiger partial charge in [0.15, 0.2) is 5.82 Å². The number of H-pyrrole nitrogens is 1. The summed E-state index contributed by atoms with van der Waals surface area (Å²) in [6.45, 7) is 6.19. The molecule has 8 nitrogen and oxygen atoms in total. The van der Waals surface area contributed by atoms with Gasteiger partial charge in [0.05, 0.1) is 24.8 Å². The van der Waals surface area contributed by atoms with Crippen LogP contribution in [-0.4, -0.2) is 38.0 Å². The van der Waals surface area contributed by atoms with Gasteiger partial charge in [-0.15, -0.1) is 0 Å². The summed E-state index contributed by atoms with van der Waals surface area (Å²) in [6, 6.07) is 13.5. The first-order valence-corrected chi connectivity index (χ1v) is 11.8. The predicted octanol–water partition coefficient (Wildman–Crippen LogP) is 5.41. The Kier molecular flexibility index (Phi) is 7.58. The van der Waals surface area contributed by atoms with Gasteiger partial charge < -0.3 is 19.6 Å². The second-order valence-electron chi connectivity index (χ2n) is 8.55. The second-order valence-corrected chi connectivity index (χ2v) is 8.55. The van der Waals surface area contributed by atoms with Crippen LogP contribution in [0.4, 0.5) is 10.1 Å². The first-order chi connectivity index (χ1) is 17.4. The maximum Gasteiger partial charge on any atom is 0.306 e. The van der Waals surface area contributed by atoms with Crippen LogP contribution in [0, 0.1) is 5.82 Å². The summed E-state index contributed by atoms with van der Waals surface area (Å²) in [7, 11) is 0. The summed E-state index contributed by atoms with van der Waals surface area (Å²) >= 11 is 0. The van der Waals surface area contributed by atoms with E-state index in [-0.39, 0.29) is 29.4 Å². The van der Waals surface area contributed by atoms with E-state index in [9.17, 15) is 14.0 Å². The van der Waals surface area contributed by atoms with Crippen molar-refractivity contribution in [1.29, 1.82) is 0 Å². The largest absolute Gasteiger partial charge is 0.466 e. The van der Waals surface area contributed by atoms with Gasteiger partial charge in [0.1, 0.15) is 17.2 Å². The summed E-state index contributed by atoms with van der Waals surface area (Å²) in [4.78, 5) is 36.5. The van der Waals surface area contributed by atoms with Crippen molar-refractivity contribution in [2.45, 2.75) is 39.7 Å². The van der Waals surface area contributed by atoms with Crippen LogP contribution in [0.15, 0.2) is 61.1 Å². The topological polar surface area (TPSA) is 102 Å². The van der Waals surface area contributed by atoms with Gasteiger partial charge >= 0.3 is 5.97 Å². The zero-order chi connectivity index (χ0) is 25.7. The molecule has 0 spiro atoms. The number of rotatable bonds is 9. The number of carbonyl (C=O) groups is 2. The first kappa shape index (κ1) is 24.8. The molecule has 0 aliphatic carbocycles. The van der Waals surface area contributed by atoms with E-state index >= 15 is 0 Å². The highest BCUT2D eigenvalue weighted by Gasteiger charge is 2.21. The van der Waals surface area contributed by atoms with Crippen LogP contribution in [0.1, 0.15) is 49.3 Å². The monoisotopic (exact) mass is 489 g/mol. The standard InChI is InChI=1S/C27H28FN5O3/c1-4-36-23(34)14-7-18-5-12-21(13-6-18)31-27(35)22-15-29-26(32-22)25-24(30-16-33(25)17(2)3)19-8-10-20(28)11-9-19/h5-6,8-13,15-17H,4,7,14H2,1-3H3,(H,29,32)(H,31,35). The number of carbonyl (C=O) groups excluding carboxylic acids is 2. The third-order valence-electron chi connectivity index (χ3n) is 5.65. The fraction of sp³-hybridized carbons (Fsp3) is 0.259. The molecule has 2 aromatic carbocycles. The summed E-state index contributed by atoms with van der Waals surface area (Å²) in [6.07, 6.45) is 4.06. The molecule has 9 heteroatoms. The van der Waals surface area contributed by atoms with E-state index in [0.29, 0.717) is 42.3 Å². The number of esters is 1. The molecule has 186 valence electrons. The molecule has 0 aliphatic heterocycles. The lowest BCUT2D eigenvalue weighted by Gasteiger charge is -2.11. The number of halogens is 1. The molecule has 0 unspecified atom stereocenters. The third-order valence-corrected chi connectivity index (χ3v) is 5.65. The van der Waals surface area contributed by atoms with E-state index in [2.05, 4.69) is 20.3 Å². The number of nitrogens with zero attached hydrogens (tertiary/aromatic N) is 3. The lowest BCUT2D eigenvalue weighted by atomic mass is 10.1. The predicted molar refractivity (Wildman–Crippen MR) is 135 cm³/mol. The zero-order valence-electron chi connectivity index (χ0n) is 20.4. The number of benzene rings is 2. The van der Waals surface area contributed by atoms with Crippen molar-refractivity contribution in [3.8, 4) is 22.8 Å². The molecule has 2 aromatic heterocycles. The number of aromatic nitrogens is 4. The molecule has 4 aromatic rings. The van der Waals surface area contributed by atoms with Gasteiger partial charge in [-0.25, -0.2) is 14.4 Å². The number of hydrogen-bond donors (Lipinski definition) is 2. The molecule has 0 saturated carbocycles. The van der Waals surface area contributed by atoms with Crippen LogP contribution in [-0.2, 0) is 16.0 Å². The number of ether oxygens (including phenoxy) is 1. The molecule has 2 N–H and O–H groups in total. The Balaban J connectivity index is 1.50. The lowest BCUT2D eigenvalue weighted by Crippen LogP contribution is -2.12. The number of imidazole rings is 2. The van der Waals surface area contributed by atoms with Crippen LogP contribution in [0.2, 0.25) is 0 Å². The van der Waals surface area contributed by atoms with E-state index in [1.165, 1.54) is 18.3 Å². The van der Waals surface area contributed by atoms with E-state index in [1.54, 1.807) is 37.5 Å². The molecule has 0 fully saturated rings. The molecular formula is C27H28FN5O3. The fourth-order valence-corrected chi connectivity index (χ4v) is 3.80. The van der Waals surface area contributed by atoms with Crippen molar-refractivity contribution >= 4 is 17.6 Å². The molecule has 4 rings (SSSR count). The number of amides is 1. The van der Waals surface area contributed by atoms with Gasteiger partial charge in [0.25, 0.3) is 5.91 Å². The molecule has 1 amide bonds. The van der Waals surface area contributed by atoms with Crippen molar-refractivity contribution in [1.82, 2.24) is 19.5 Å². The Morgan fingerprint density at radius 1 is 1.08 bits per heavy atom. The van der Waals surface area contributed by atoms with Crippen LogP contribution < -0.4 is 5.32 Å². The van der Waals surface area contributed by atoms with Gasteiger partial charge in [-0.1, -0.05) is 12.1 Å². The average Bonchev–Trinajstić information content (AvgIpc) is 3.52. The lowest BCUT2D eigenvalue weighted by molar-refractivity contribution is -0.143. The van der Waals surface area contributed by atoms with Crippen molar-refractivity contribution in [3.05, 3.63) is 78.1 Å². The Bertz CT molecular complexity index is 1340. The van der Waals surface area contributed by atoms with Gasteiger partial charge in [-0.05, 0) is 69.2 Å². The van der Waals surface area contributed by atoms with Crippen LogP contribution >= 0.6 is 0 Å². The number of aromatic amines is 1. The van der Waals surface area contributed by atoms with Crippen molar-refractivity contribution in [3.63, 3.8) is 0 Å². The first-order valence-electron chi connectivity index (χ1n) is 11.8. The number of nitrogens with one attached hydrogen (secondary N) is 2. The Labute approximate surface area is 208 Å². The summed E-state index contributed by atoms with van der Waals surface area (Å²) in [5, 5.41) is 2.85. The molecule has 0 atom stereocenters. The molecule has 0 aliphatic rings. The average molecular weight is 490 g/mol. The molecule has 2 heterocycles. The molecule has 0 bridgehead atoms. The van der Waals surface area contributed by atoms with Gasteiger partial charge in [-0.3, -0.25) is 9.59 Å². The van der Waals surface area contributed by atoms with E-state index in [1.807, 2.05) is 30.5 Å². The van der Waals surface area contributed by atoms with Crippen LogP contribution in [0.25, 0.3) is 22.8 Å². The summed E-state index contributed by atoms with van der Waals surface area (Å²) in [5.41, 5.74) is 3.98. The third kappa shape index (κ3) is 5.68. The van der Waals surface area contributed by atoms with Crippen LogP contribution in [0.3, 0.4) is 0 Å². The van der Waals surface area contributed by atoms with Gasteiger partial charge in [0.2, 0.25) is 0 Å². The Hall–Kier alpha value is -4.27. The second kappa shape index (κ2) is 11.0. The SMILES string of the molecule is CCOC(=O)CCc1ccc(NC(=O)c2cnc(-c3c(-c4ccc(F)cc4)ncn3C(C)C)[nH]2)cc1. The zero-order valence-corrected chi connectivity index (χ0v) is 20.4. The highest BCUT2D eigenvalue weighted by Crippen LogP contribution is 2.31. The maximum absolute atomic E-state index is 13.4. The highest BCUT2D eigenvalue weighted by molar-refractivity contribution is 6.03. The van der Waals surface area contributed by atoms with E-state index < -0.39 is 0 Å². The number of aryl methyl sites for hydroxylation is 1. The quantitative estimate of drug-likeness (QED) is 0.306. The molecule has 0 saturated heterocycles. The smallest absolute Gasteiger partial charge is 0.306 e. The summed E-state index contributed by atoms with van der Waals surface area (Å²) < 4.78 is 20.3. The number of anilines is 1. The van der Waals surface area contributed by atoms with Crippen LogP contribution in [0.5, 0.6) is 0 Å². The summed E-state index contributed by atoms with van der Waals surface area (Å²) in [5.74, 6) is -0.411. The molecule has 36 heavy (non-hydrogen) atoms. The molecular weight excluding hydrogens is 461 g/mol. The Morgan fingerprint density at radius 2 is 1.81 bits per heavy atom.